The minimum absolute atomic E-state index is 0.165. The third-order valence-corrected chi connectivity index (χ3v) is 3.88. The molecule has 0 bridgehead atoms. The van der Waals surface area contributed by atoms with E-state index in [4.69, 9.17) is 10.5 Å². The van der Waals surface area contributed by atoms with Gasteiger partial charge in [0, 0.05) is 44.9 Å². The molecule has 0 amide bonds. The molecule has 0 aromatic heterocycles. The van der Waals surface area contributed by atoms with Crippen LogP contribution in [-0.4, -0.2) is 68.8 Å². The molecule has 108 valence electrons. The molecule has 1 saturated heterocycles. The number of hydrogen-bond acceptors (Lipinski definition) is 4. The third kappa shape index (κ3) is 4.50. The van der Waals surface area contributed by atoms with Gasteiger partial charge in [0.15, 0.2) is 0 Å². The van der Waals surface area contributed by atoms with Gasteiger partial charge in [0.25, 0.3) is 0 Å². The van der Waals surface area contributed by atoms with Crippen LogP contribution in [0.5, 0.6) is 0 Å². The van der Waals surface area contributed by atoms with E-state index in [2.05, 4.69) is 37.7 Å². The molecule has 0 unspecified atom stereocenters. The van der Waals surface area contributed by atoms with E-state index in [1.54, 1.807) is 0 Å². The fourth-order valence-electron chi connectivity index (χ4n) is 2.68. The van der Waals surface area contributed by atoms with E-state index in [0.29, 0.717) is 5.92 Å². The predicted molar refractivity (Wildman–Crippen MR) is 76.8 cm³/mol. The van der Waals surface area contributed by atoms with E-state index in [0.717, 1.165) is 52.2 Å². The van der Waals surface area contributed by atoms with Crippen molar-refractivity contribution in [2.45, 2.75) is 32.2 Å². The van der Waals surface area contributed by atoms with Crippen molar-refractivity contribution >= 4 is 0 Å². The van der Waals surface area contributed by atoms with Crippen molar-refractivity contribution in [2.75, 3.05) is 53.5 Å². The summed E-state index contributed by atoms with van der Waals surface area (Å²) in [6.45, 7) is 10.3. The lowest BCUT2D eigenvalue weighted by Gasteiger charge is -2.47. The van der Waals surface area contributed by atoms with Crippen LogP contribution in [-0.2, 0) is 4.74 Å². The first kappa shape index (κ1) is 15.9. The Hall–Kier alpha value is -0.160. The van der Waals surface area contributed by atoms with Crippen molar-refractivity contribution in [3.63, 3.8) is 0 Å². The zero-order valence-corrected chi connectivity index (χ0v) is 12.6. The molecule has 0 saturated carbocycles. The lowest BCUT2D eigenvalue weighted by molar-refractivity contribution is -0.0305. The minimum atomic E-state index is 0.165. The van der Waals surface area contributed by atoms with Crippen LogP contribution in [0.2, 0.25) is 0 Å². The average molecular weight is 257 g/mol. The summed E-state index contributed by atoms with van der Waals surface area (Å²) in [6.07, 6.45) is 2.15. The highest BCUT2D eigenvalue weighted by Crippen LogP contribution is 2.27. The number of rotatable bonds is 7. The predicted octanol–water partition coefficient (Wildman–Crippen LogP) is 1.01. The van der Waals surface area contributed by atoms with E-state index in [1.165, 1.54) is 0 Å². The SMILES string of the molecule is CC(C)CN(CCN(C)C)C1(CN)CCOCC1. The number of ether oxygens (including phenoxy) is 1. The Morgan fingerprint density at radius 1 is 1.17 bits per heavy atom. The second kappa shape index (κ2) is 7.43. The molecular weight excluding hydrogens is 226 g/mol. The van der Waals surface area contributed by atoms with Gasteiger partial charge in [-0.3, -0.25) is 4.90 Å². The lowest BCUT2D eigenvalue weighted by Crippen LogP contribution is -2.59. The largest absolute Gasteiger partial charge is 0.381 e. The zero-order valence-electron chi connectivity index (χ0n) is 12.6. The van der Waals surface area contributed by atoms with Crippen LogP contribution in [0.25, 0.3) is 0 Å². The van der Waals surface area contributed by atoms with Crippen molar-refractivity contribution in [3.8, 4) is 0 Å². The summed E-state index contributed by atoms with van der Waals surface area (Å²) in [5.41, 5.74) is 6.28. The maximum Gasteiger partial charge on any atom is 0.0484 e. The summed E-state index contributed by atoms with van der Waals surface area (Å²) in [6, 6.07) is 0. The molecule has 1 aliphatic heterocycles. The molecule has 18 heavy (non-hydrogen) atoms. The molecule has 1 fully saturated rings. The van der Waals surface area contributed by atoms with E-state index < -0.39 is 0 Å². The van der Waals surface area contributed by atoms with Gasteiger partial charge in [-0.25, -0.2) is 0 Å². The molecular formula is C14H31N3O. The number of likely N-dealkylation sites (N-methyl/N-ethyl adjacent to an activating group) is 1. The van der Waals surface area contributed by atoms with Gasteiger partial charge in [-0.15, -0.1) is 0 Å². The molecule has 0 radical (unpaired) electrons. The smallest absolute Gasteiger partial charge is 0.0484 e. The fraction of sp³-hybridized carbons (Fsp3) is 1.00. The van der Waals surface area contributed by atoms with Crippen molar-refractivity contribution in [1.82, 2.24) is 9.80 Å². The second-order valence-corrected chi connectivity index (χ2v) is 6.18. The highest BCUT2D eigenvalue weighted by Gasteiger charge is 2.37. The highest BCUT2D eigenvalue weighted by molar-refractivity contribution is 4.94. The zero-order chi connectivity index (χ0) is 13.6. The summed E-state index contributed by atoms with van der Waals surface area (Å²) in [7, 11) is 4.26. The van der Waals surface area contributed by atoms with Gasteiger partial charge >= 0.3 is 0 Å². The normalized spacial score (nSPS) is 20.0. The number of nitrogens with zero attached hydrogens (tertiary/aromatic N) is 2. The van der Waals surface area contributed by atoms with Crippen molar-refractivity contribution in [2.24, 2.45) is 11.7 Å². The van der Waals surface area contributed by atoms with Gasteiger partial charge in [-0.05, 0) is 32.9 Å². The number of hydrogen-bond donors (Lipinski definition) is 1. The Bertz CT molecular complexity index is 225. The molecule has 1 rings (SSSR count). The molecule has 2 N–H and O–H groups in total. The molecule has 1 heterocycles. The van der Waals surface area contributed by atoms with Crippen LogP contribution in [0.1, 0.15) is 26.7 Å². The first-order chi connectivity index (χ1) is 8.50. The van der Waals surface area contributed by atoms with E-state index in [9.17, 15) is 0 Å². The first-order valence-electron chi connectivity index (χ1n) is 7.18. The molecule has 0 aromatic carbocycles. The molecule has 0 aromatic rings. The Morgan fingerprint density at radius 3 is 2.22 bits per heavy atom. The van der Waals surface area contributed by atoms with Crippen LogP contribution in [0.15, 0.2) is 0 Å². The van der Waals surface area contributed by atoms with Gasteiger partial charge in [0.2, 0.25) is 0 Å². The van der Waals surface area contributed by atoms with Crippen molar-refractivity contribution in [1.29, 1.82) is 0 Å². The monoisotopic (exact) mass is 257 g/mol. The third-order valence-electron chi connectivity index (χ3n) is 3.88. The van der Waals surface area contributed by atoms with E-state index in [-0.39, 0.29) is 5.54 Å². The summed E-state index contributed by atoms with van der Waals surface area (Å²) < 4.78 is 5.51. The van der Waals surface area contributed by atoms with Crippen molar-refractivity contribution < 1.29 is 4.74 Å². The van der Waals surface area contributed by atoms with Crippen LogP contribution in [0, 0.1) is 5.92 Å². The average Bonchev–Trinajstić information content (AvgIpc) is 2.34. The van der Waals surface area contributed by atoms with Gasteiger partial charge in [-0.1, -0.05) is 13.8 Å². The minimum Gasteiger partial charge on any atom is -0.381 e. The first-order valence-corrected chi connectivity index (χ1v) is 7.18. The topological polar surface area (TPSA) is 41.7 Å². The van der Waals surface area contributed by atoms with Crippen LogP contribution in [0.4, 0.5) is 0 Å². The van der Waals surface area contributed by atoms with Gasteiger partial charge < -0.3 is 15.4 Å². The molecule has 0 atom stereocenters. The summed E-state index contributed by atoms with van der Waals surface area (Å²) in [4.78, 5) is 4.86. The standard InChI is InChI=1S/C14H31N3O/c1-13(2)11-17(8-7-16(3)4)14(12-15)5-9-18-10-6-14/h13H,5-12,15H2,1-4H3. The quantitative estimate of drug-likeness (QED) is 0.739. The van der Waals surface area contributed by atoms with Crippen molar-refractivity contribution in [3.05, 3.63) is 0 Å². The molecule has 0 aliphatic carbocycles. The molecule has 1 aliphatic rings. The Labute approximate surface area is 112 Å². The number of nitrogens with two attached hydrogens (primary N) is 1. The Morgan fingerprint density at radius 2 is 1.78 bits per heavy atom. The maximum atomic E-state index is 6.11. The summed E-state index contributed by atoms with van der Waals surface area (Å²) in [5.74, 6) is 0.679. The Balaban J connectivity index is 2.70. The van der Waals surface area contributed by atoms with Gasteiger partial charge in [0.05, 0.1) is 0 Å². The summed E-state index contributed by atoms with van der Waals surface area (Å²) >= 11 is 0. The highest BCUT2D eigenvalue weighted by atomic mass is 16.5. The van der Waals surface area contributed by atoms with Gasteiger partial charge in [-0.2, -0.15) is 0 Å². The van der Waals surface area contributed by atoms with Gasteiger partial charge in [0.1, 0.15) is 0 Å². The molecule has 4 nitrogen and oxygen atoms in total. The molecule has 0 spiro atoms. The van der Waals surface area contributed by atoms with E-state index in [1.807, 2.05) is 0 Å². The Kier molecular flexibility index (Phi) is 6.57. The molecule has 4 heteroatoms. The van der Waals surface area contributed by atoms with Crippen LogP contribution < -0.4 is 5.73 Å². The van der Waals surface area contributed by atoms with E-state index >= 15 is 0 Å². The van der Waals surface area contributed by atoms with Crippen LogP contribution in [0.3, 0.4) is 0 Å². The second-order valence-electron chi connectivity index (χ2n) is 6.18. The maximum absolute atomic E-state index is 6.11. The summed E-state index contributed by atoms with van der Waals surface area (Å²) in [5, 5.41) is 0. The fourth-order valence-corrected chi connectivity index (χ4v) is 2.68. The van der Waals surface area contributed by atoms with Crippen LogP contribution >= 0.6 is 0 Å². The lowest BCUT2D eigenvalue weighted by atomic mass is 9.87.